The van der Waals surface area contributed by atoms with Crippen LogP contribution >= 0.6 is 0 Å². The monoisotopic (exact) mass is 394 g/mol. The van der Waals surface area contributed by atoms with Gasteiger partial charge in [0, 0.05) is 11.0 Å². The van der Waals surface area contributed by atoms with E-state index in [0.717, 1.165) is 30.5 Å². The molecule has 0 unspecified atom stereocenters. The van der Waals surface area contributed by atoms with E-state index in [4.69, 9.17) is 9.47 Å². The Balaban J connectivity index is 1.62. The minimum Gasteiger partial charge on any atom is -0.339 e. The van der Waals surface area contributed by atoms with Gasteiger partial charge in [-0.15, -0.1) is 0 Å². The summed E-state index contributed by atoms with van der Waals surface area (Å²) < 4.78 is 50.9. The summed E-state index contributed by atoms with van der Waals surface area (Å²) in [6.07, 6.45) is 2.84. The fourth-order valence-electron chi connectivity index (χ4n) is 3.47. The summed E-state index contributed by atoms with van der Waals surface area (Å²) in [5.41, 5.74) is 1.67. The van der Waals surface area contributed by atoms with Crippen molar-refractivity contribution in [2.24, 2.45) is 5.41 Å². The van der Waals surface area contributed by atoms with Crippen molar-refractivity contribution in [3.05, 3.63) is 70.5 Å². The third-order valence-corrected chi connectivity index (χ3v) is 5.15. The summed E-state index contributed by atoms with van der Waals surface area (Å²) in [5.74, 6) is -5.60. The molecule has 2 aromatic carbocycles. The van der Waals surface area contributed by atoms with E-state index in [1.165, 1.54) is 0 Å². The maximum Gasteiger partial charge on any atom is 0.309 e. The van der Waals surface area contributed by atoms with Crippen molar-refractivity contribution in [3.8, 4) is 0 Å². The number of benzene rings is 2. The Morgan fingerprint density at radius 2 is 1.46 bits per heavy atom. The first-order chi connectivity index (χ1) is 13.2. The van der Waals surface area contributed by atoms with Crippen molar-refractivity contribution >= 4 is 0 Å². The average molecular weight is 394 g/mol. The summed E-state index contributed by atoms with van der Waals surface area (Å²) in [7, 11) is 0. The van der Waals surface area contributed by atoms with Crippen molar-refractivity contribution in [3.63, 3.8) is 0 Å². The number of ether oxygens (including phenoxy) is 2. The van der Waals surface area contributed by atoms with E-state index in [-0.39, 0.29) is 5.41 Å². The van der Waals surface area contributed by atoms with Crippen LogP contribution < -0.4 is 0 Å². The number of hydrogen-bond donors (Lipinski definition) is 1. The van der Waals surface area contributed by atoms with E-state index in [0.29, 0.717) is 37.2 Å². The predicted molar refractivity (Wildman–Crippen MR) is 99.0 cm³/mol. The van der Waals surface area contributed by atoms with Crippen LogP contribution in [0.25, 0.3) is 0 Å². The molecule has 0 bridgehead atoms. The van der Waals surface area contributed by atoms with Gasteiger partial charge in [-0.2, -0.15) is 0 Å². The van der Waals surface area contributed by atoms with E-state index >= 15 is 0 Å². The van der Waals surface area contributed by atoms with Crippen molar-refractivity contribution in [2.75, 3.05) is 13.2 Å². The third kappa shape index (κ3) is 4.57. The molecule has 3 rings (SSSR count). The van der Waals surface area contributed by atoms with Gasteiger partial charge in [0.2, 0.25) is 0 Å². The summed E-state index contributed by atoms with van der Waals surface area (Å²) in [6, 6.07) is 9.04. The van der Waals surface area contributed by atoms with Gasteiger partial charge in [0.05, 0.1) is 13.2 Å². The number of rotatable bonds is 6. The van der Waals surface area contributed by atoms with Crippen LogP contribution in [0.3, 0.4) is 0 Å². The molecule has 1 fully saturated rings. The lowest BCUT2D eigenvalue weighted by Crippen LogP contribution is -2.46. The van der Waals surface area contributed by atoms with Gasteiger partial charge in [-0.05, 0) is 42.5 Å². The SMILES string of the molecule is CCCC1(C)COC(O)(c2ccc(CCc3cc(F)c(F)c(F)c3)cc2)OC1. The molecule has 6 heteroatoms. The minimum atomic E-state index is -1.77. The number of hydrogen-bond acceptors (Lipinski definition) is 3. The zero-order chi connectivity index (χ0) is 20.4. The second kappa shape index (κ2) is 8.23. The van der Waals surface area contributed by atoms with E-state index in [1.54, 1.807) is 24.3 Å². The minimum absolute atomic E-state index is 0.110. The van der Waals surface area contributed by atoms with Crippen LogP contribution in [0.2, 0.25) is 0 Å². The molecule has 0 aromatic heterocycles. The molecule has 2 aromatic rings. The third-order valence-electron chi connectivity index (χ3n) is 5.15. The molecular weight excluding hydrogens is 369 g/mol. The second-order valence-corrected chi connectivity index (χ2v) is 7.79. The summed E-state index contributed by atoms with van der Waals surface area (Å²) in [6.45, 7) is 4.97. The van der Waals surface area contributed by atoms with Crippen molar-refractivity contribution in [2.45, 2.75) is 45.5 Å². The molecule has 1 aliphatic heterocycles. The number of halogens is 3. The van der Waals surface area contributed by atoms with Gasteiger partial charge in [-0.1, -0.05) is 44.5 Å². The zero-order valence-corrected chi connectivity index (χ0v) is 16.1. The van der Waals surface area contributed by atoms with Gasteiger partial charge in [0.15, 0.2) is 17.5 Å². The molecule has 28 heavy (non-hydrogen) atoms. The fraction of sp³-hybridized carbons (Fsp3) is 0.455. The van der Waals surface area contributed by atoms with Gasteiger partial charge in [-0.3, -0.25) is 0 Å². The van der Waals surface area contributed by atoms with Crippen LogP contribution in [0, 0.1) is 22.9 Å². The van der Waals surface area contributed by atoms with Gasteiger partial charge < -0.3 is 14.6 Å². The van der Waals surface area contributed by atoms with E-state index < -0.39 is 23.4 Å². The molecular formula is C22H25F3O3. The van der Waals surface area contributed by atoms with Gasteiger partial charge in [-0.25, -0.2) is 13.2 Å². The molecule has 0 aliphatic carbocycles. The largest absolute Gasteiger partial charge is 0.339 e. The Hall–Kier alpha value is -1.89. The molecule has 1 heterocycles. The Kier molecular flexibility index (Phi) is 6.12. The predicted octanol–water partition coefficient (Wildman–Crippen LogP) is 4.84. The highest BCUT2D eigenvalue weighted by Gasteiger charge is 2.42. The Bertz CT molecular complexity index is 789. The van der Waals surface area contributed by atoms with Gasteiger partial charge in [0.1, 0.15) is 0 Å². The maximum atomic E-state index is 13.3. The normalized spacial score (nSPS) is 25.1. The van der Waals surface area contributed by atoms with Crippen molar-refractivity contribution < 1.29 is 27.8 Å². The lowest BCUT2D eigenvalue weighted by atomic mass is 9.86. The molecule has 1 N–H and O–H groups in total. The standard InChI is InChI=1S/C22H25F3O3/c1-3-10-21(2)13-27-22(26,28-14-21)17-8-6-15(7-9-17)4-5-16-11-18(23)20(25)19(24)12-16/h6-9,11-12,26H,3-5,10,13-14H2,1-2H3. The first-order valence-corrected chi connectivity index (χ1v) is 9.48. The average Bonchev–Trinajstić information content (AvgIpc) is 2.68. The van der Waals surface area contributed by atoms with Crippen molar-refractivity contribution in [1.82, 2.24) is 0 Å². The summed E-state index contributed by atoms with van der Waals surface area (Å²) in [5, 5.41) is 10.7. The molecule has 0 spiro atoms. The van der Waals surface area contributed by atoms with Crippen molar-refractivity contribution in [1.29, 1.82) is 0 Å². The number of aliphatic hydroxyl groups is 1. The quantitative estimate of drug-likeness (QED) is 0.713. The summed E-state index contributed by atoms with van der Waals surface area (Å²) in [4.78, 5) is 0. The number of aryl methyl sites for hydroxylation is 2. The van der Waals surface area contributed by atoms with Crippen LogP contribution in [0.5, 0.6) is 0 Å². The maximum absolute atomic E-state index is 13.3. The van der Waals surface area contributed by atoms with Crippen LogP contribution in [0.4, 0.5) is 13.2 Å². The molecule has 152 valence electrons. The highest BCUT2D eigenvalue weighted by Crippen LogP contribution is 2.37. The fourth-order valence-corrected chi connectivity index (χ4v) is 3.47. The topological polar surface area (TPSA) is 38.7 Å². The van der Waals surface area contributed by atoms with Crippen LogP contribution in [0.15, 0.2) is 36.4 Å². The first kappa shape index (κ1) is 20.8. The van der Waals surface area contributed by atoms with E-state index in [2.05, 4.69) is 13.8 Å². The highest BCUT2D eigenvalue weighted by molar-refractivity contribution is 5.27. The Morgan fingerprint density at radius 1 is 0.929 bits per heavy atom. The van der Waals surface area contributed by atoms with Crippen LogP contribution in [-0.2, 0) is 28.3 Å². The molecule has 3 nitrogen and oxygen atoms in total. The molecule has 1 aliphatic rings. The van der Waals surface area contributed by atoms with E-state index in [1.807, 2.05) is 0 Å². The lowest BCUT2D eigenvalue weighted by Gasteiger charge is -2.41. The van der Waals surface area contributed by atoms with Crippen LogP contribution in [0.1, 0.15) is 43.4 Å². The Morgan fingerprint density at radius 3 is 2.00 bits per heavy atom. The first-order valence-electron chi connectivity index (χ1n) is 9.48. The molecule has 0 amide bonds. The molecule has 0 radical (unpaired) electrons. The molecule has 0 atom stereocenters. The molecule has 1 saturated heterocycles. The molecule has 0 saturated carbocycles. The summed E-state index contributed by atoms with van der Waals surface area (Å²) >= 11 is 0. The smallest absolute Gasteiger partial charge is 0.309 e. The second-order valence-electron chi connectivity index (χ2n) is 7.79. The van der Waals surface area contributed by atoms with Gasteiger partial charge in [0.25, 0.3) is 0 Å². The Labute approximate surface area is 163 Å². The van der Waals surface area contributed by atoms with Gasteiger partial charge >= 0.3 is 5.97 Å². The zero-order valence-electron chi connectivity index (χ0n) is 16.1. The highest BCUT2D eigenvalue weighted by atomic mass is 19.2. The van der Waals surface area contributed by atoms with Crippen LogP contribution in [-0.4, -0.2) is 18.3 Å². The van der Waals surface area contributed by atoms with E-state index in [9.17, 15) is 18.3 Å². The lowest BCUT2D eigenvalue weighted by molar-refractivity contribution is -0.414.